The summed E-state index contributed by atoms with van der Waals surface area (Å²) >= 11 is 0. The van der Waals surface area contributed by atoms with Gasteiger partial charge in [0.25, 0.3) is 0 Å². The van der Waals surface area contributed by atoms with Crippen LogP contribution in [0.4, 0.5) is 0 Å². The summed E-state index contributed by atoms with van der Waals surface area (Å²) in [6.07, 6.45) is 6.06. The number of benzene rings is 1. The average Bonchev–Trinajstić information content (AvgIpc) is 3.04. The summed E-state index contributed by atoms with van der Waals surface area (Å²) in [6, 6.07) is 5.95. The quantitative estimate of drug-likeness (QED) is 0.549. The van der Waals surface area contributed by atoms with Crippen LogP contribution in [0.15, 0.2) is 30.7 Å². The van der Waals surface area contributed by atoms with E-state index in [0.29, 0.717) is 18.9 Å². The average molecular weight is 316 g/mol. The molecule has 1 aromatic heterocycles. The molecule has 1 aromatic carbocycles. The van der Waals surface area contributed by atoms with Crippen LogP contribution in [0.5, 0.6) is 5.75 Å². The van der Waals surface area contributed by atoms with Gasteiger partial charge < -0.3 is 9.47 Å². The molecule has 0 aliphatic rings. The first-order valence-corrected chi connectivity index (χ1v) is 8.17. The second-order valence-corrected chi connectivity index (χ2v) is 5.19. The first kappa shape index (κ1) is 17.1. The highest BCUT2D eigenvalue weighted by molar-refractivity contribution is 5.88. The lowest BCUT2D eigenvalue weighted by Gasteiger charge is -2.17. The molecule has 0 bridgehead atoms. The largest absolute Gasteiger partial charge is 0.491 e. The Morgan fingerprint density at radius 2 is 2.09 bits per heavy atom. The maximum Gasteiger partial charge on any atom is 0.356 e. The Kier molecular flexibility index (Phi) is 6.20. The van der Waals surface area contributed by atoms with Crippen molar-refractivity contribution in [1.82, 2.24) is 9.55 Å². The van der Waals surface area contributed by atoms with Crippen molar-refractivity contribution < 1.29 is 14.3 Å². The van der Waals surface area contributed by atoms with Crippen molar-refractivity contribution in [3.05, 3.63) is 42.0 Å². The van der Waals surface area contributed by atoms with Crippen molar-refractivity contribution in [2.24, 2.45) is 0 Å². The van der Waals surface area contributed by atoms with Gasteiger partial charge in [-0.05, 0) is 31.4 Å². The first-order chi connectivity index (χ1) is 11.2. The maximum absolute atomic E-state index is 12.1. The molecule has 0 spiro atoms. The number of esters is 1. The molecule has 124 valence electrons. The number of carbonyl (C=O) groups is 1. The van der Waals surface area contributed by atoms with Crippen molar-refractivity contribution in [1.29, 1.82) is 0 Å². The highest BCUT2D eigenvalue weighted by Crippen LogP contribution is 2.29. The number of hydrogen-bond donors (Lipinski definition) is 0. The van der Waals surface area contributed by atoms with Gasteiger partial charge in [0, 0.05) is 0 Å². The molecule has 5 heteroatoms. The minimum absolute atomic E-state index is 0.333. The molecule has 0 aliphatic heterocycles. The van der Waals surface area contributed by atoms with Gasteiger partial charge in [0.05, 0.1) is 31.4 Å². The summed E-state index contributed by atoms with van der Waals surface area (Å²) in [7, 11) is 0. The van der Waals surface area contributed by atoms with E-state index >= 15 is 0 Å². The van der Waals surface area contributed by atoms with Crippen molar-refractivity contribution in [3.63, 3.8) is 0 Å². The van der Waals surface area contributed by atoms with E-state index < -0.39 is 0 Å². The smallest absolute Gasteiger partial charge is 0.356 e. The third-order valence-electron chi connectivity index (χ3n) is 3.58. The predicted molar refractivity (Wildman–Crippen MR) is 89.3 cm³/mol. The number of ether oxygens (including phenoxy) is 2. The Bertz CT molecular complexity index is 649. The fraction of sp³-hybridized carbons (Fsp3) is 0.444. The van der Waals surface area contributed by atoms with E-state index in [2.05, 4.69) is 18.8 Å². The number of aryl methyl sites for hydroxylation is 1. The summed E-state index contributed by atoms with van der Waals surface area (Å²) in [5, 5.41) is 0. The molecule has 0 radical (unpaired) electrons. The van der Waals surface area contributed by atoms with Crippen LogP contribution >= 0.6 is 0 Å². The maximum atomic E-state index is 12.1. The van der Waals surface area contributed by atoms with Gasteiger partial charge in [-0.2, -0.15) is 0 Å². The van der Waals surface area contributed by atoms with E-state index in [0.717, 1.165) is 36.3 Å². The molecule has 1 heterocycles. The van der Waals surface area contributed by atoms with Crippen LogP contribution in [0, 0.1) is 0 Å². The summed E-state index contributed by atoms with van der Waals surface area (Å²) in [4.78, 5) is 16.3. The molecule has 0 unspecified atom stereocenters. The number of hydrogen-bond acceptors (Lipinski definition) is 4. The molecule has 0 N–H and O–H groups in total. The molecule has 0 fully saturated rings. The Hall–Kier alpha value is -2.30. The first-order valence-electron chi connectivity index (χ1n) is 8.17. The number of unbranched alkanes of at least 4 members (excludes halogenated alkanes) is 1. The summed E-state index contributed by atoms with van der Waals surface area (Å²) in [5.41, 5.74) is 2.38. The van der Waals surface area contributed by atoms with Crippen LogP contribution in [0.25, 0.3) is 5.69 Å². The van der Waals surface area contributed by atoms with Gasteiger partial charge in [-0.1, -0.05) is 32.4 Å². The van der Waals surface area contributed by atoms with Crippen molar-refractivity contribution in [2.45, 2.75) is 40.0 Å². The lowest BCUT2D eigenvalue weighted by atomic mass is 10.1. The van der Waals surface area contributed by atoms with Crippen LogP contribution < -0.4 is 4.74 Å². The van der Waals surface area contributed by atoms with Crippen molar-refractivity contribution in [2.75, 3.05) is 13.2 Å². The molecule has 23 heavy (non-hydrogen) atoms. The van der Waals surface area contributed by atoms with Gasteiger partial charge in [0.1, 0.15) is 5.75 Å². The van der Waals surface area contributed by atoms with Gasteiger partial charge in [-0.25, -0.2) is 9.78 Å². The fourth-order valence-corrected chi connectivity index (χ4v) is 2.40. The summed E-state index contributed by atoms with van der Waals surface area (Å²) in [6.45, 7) is 6.98. The molecule has 5 nitrogen and oxygen atoms in total. The molecule has 0 saturated carbocycles. The zero-order valence-corrected chi connectivity index (χ0v) is 14.0. The molecule has 2 aromatic rings. The van der Waals surface area contributed by atoms with Gasteiger partial charge >= 0.3 is 5.97 Å². The number of carbonyl (C=O) groups excluding carboxylic acids is 1. The van der Waals surface area contributed by atoms with Crippen LogP contribution in [-0.2, 0) is 11.2 Å². The normalized spacial score (nSPS) is 10.6. The van der Waals surface area contributed by atoms with E-state index in [9.17, 15) is 4.79 Å². The van der Waals surface area contributed by atoms with Gasteiger partial charge in [0.2, 0.25) is 0 Å². The molecule has 0 aliphatic carbocycles. The third kappa shape index (κ3) is 3.92. The zero-order chi connectivity index (χ0) is 16.7. The fourth-order valence-electron chi connectivity index (χ4n) is 2.40. The lowest BCUT2D eigenvalue weighted by molar-refractivity contribution is 0.0517. The predicted octanol–water partition coefficient (Wildman–Crippen LogP) is 3.79. The van der Waals surface area contributed by atoms with E-state index in [-0.39, 0.29) is 5.97 Å². The molecular formula is C18H24N2O3. The minimum Gasteiger partial charge on any atom is -0.491 e. The van der Waals surface area contributed by atoms with Crippen LogP contribution in [0.2, 0.25) is 0 Å². The molecule has 2 rings (SSSR count). The number of nitrogens with zero attached hydrogens (tertiary/aromatic N) is 2. The number of imidazole rings is 1. The number of para-hydroxylation sites is 1. The Balaban J connectivity index is 2.45. The van der Waals surface area contributed by atoms with E-state index in [4.69, 9.17) is 9.47 Å². The highest BCUT2D eigenvalue weighted by Gasteiger charge is 2.19. The van der Waals surface area contributed by atoms with Crippen LogP contribution in [0.1, 0.15) is 49.7 Å². The standard InChI is InChI=1S/C18H24N2O3/c1-4-7-11-23-16-10-8-9-14(5-2)17(16)20-13-19-12-15(20)18(21)22-6-3/h8-10,12-13H,4-7,11H2,1-3H3. The Morgan fingerprint density at radius 3 is 2.78 bits per heavy atom. The molecule has 0 atom stereocenters. The van der Waals surface area contributed by atoms with Crippen LogP contribution in [-0.4, -0.2) is 28.7 Å². The second kappa shape index (κ2) is 8.36. The monoisotopic (exact) mass is 316 g/mol. The SMILES string of the molecule is CCCCOc1cccc(CC)c1-n1cncc1C(=O)OCC. The molecular weight excluding hydrogens is 292 g/mol. The summed E-state index contributed by atoms with van der Waals surface area (Å²) in [5.74, 6) is 0.386. The van der Waals surface area contributed by atoms with Crippen molar-refractivity contribution in [3.8, 4) is 11.4 Å². The van der Waals surface area contributed by atoms with Gasteiger partial charge in [0.15, 0.2) is 5.69 Å². The minimum atomic E-state index is -0.379. The van der Waals surface area contributed by atoms with Gasteiger partial charge in [-0.3, -0.25) is 4.57 Å². The topological polar surface area (TPSA) is 53.4 Å². The molecule has 0 saturated heterocycles. The number of rotatable bonds is 8. The third-order valence-corrected chi connectivity index (χ3v) is 3.58. The lowest BCUT2D eigenvalue weighted by Crippen LogP contribution is -2.13. The van der Waals surface area contributed by atoms with E-state index in [1.165, 1.54) is 6.20 Å². The molecule has 0 amide bonds. The second-order valence-electron chi connectivity index (χ2n) is 5.19. The number of aromatic nitrogens is 2. The Labute approximate surface area is 137 Å². The van der Waals surface area contributed by atoms with Crippen molar-refractivity contribution >= 4 is 5.97 Å². The van der Waals surface area contributed by atoms with Crippen LogP contribution in [0.3, 0.4) is 0 Å². The van der Waals surface area contributed by atoms with Gasteiger partial charge in [-0.15, -0.1) is 0 Å². The summed E-state index contributed by atoms with van der Waals surface area (Å²) < 4.78 is 12.8. The highest BCUT2D eigenvalue weighted by atomic mass is 16.5. The van der Waals surface area contributed by atoms with E-state index in [1.807, 2.05) is 18.2 Å². The van der Waals surface area contributed by atoms with E-state index in [1.54, 1.807) is 17.8 Å². The Morgan fingerprint density at radius 1 is 1.26 bits per heavy atom. The zero-order valence-electron chi connectivity index (χ0n) is 14.0.